The molecule has 1 rings (SSSR count). The molecular weight excluding hydrogens is 324 g/mol. The van der Waals surface area contributed by atoms with Crippen LogP contribution in [-0.4, -0.2) is 31.6 Å². The number of halogens is 1. The third kappa shape index (κ3) is 6.50. The van der Waals surface area contributed by atoms with Crippen LogP contribution < -0.4 is 5.32 Å². The molecule has 21 heavy (non-hydrogen) atoms. The molecular formula is C18H31BrN2. The van der Waals surface area contributed by atoms with Crippen LogP contribution in [-0.2, 0) is 6.54 Å². The number of nitrogens with zero attached hydrogens (tertiary/aromatic N) is 1. The van der Waals surface area contributed by atoms with Crippen LogP contribution in [0.4, 0.5) is 0 Å². The molecule has 0 saturated heterocycles. The quantitative estimate of drug-likeness (QED) is 0.613. The number of hydrogen-bond donors (Lipinski definition) is 1. The van der Waals surface area contributed by atoms with Crippen molar-refractivity contribution in [3.8, 4) is 0 Å². The molecule has 0 aromatic heterocycles. The van der Waals surface area contributed by atoms with Gasteiger partial charge in [-0.15, -0.1) is 0 Å². The van der Waals surface area contributed by atoms with Gasteiger partial charge < -0.3 is 10.2 Å². The summed E-state index contributed by atoms with van der Waals surface area (Å²) >= 11 is 3.50. The molecule has 120 valence electrons. The molecule has 0 aliphatic rings. The topological polar surface area (TPSA) is 15.3 Å². The second-order valence-electron chi connectivity index (χ2n) is 6.18. The van der Waals surface area contributed by atoms with E-state index in [-0.39, 0.29) is 0 Å². The molecule has 1 N–H and O–H groups in total. The molecule has 0 spiro atoms. The summed E-state index contributed by atoms with van der Waals surface area (Å²) in [6.07, 6.45) is 3.66. The Bertz CT molecular complexity index is 385. The zero-order valence-corrected chi connectivity index (χ0v) is 15.7. The van der Waals surface area contributed by atoms with Crippen LogP contribution in [0.25, 0.3) is 0 Å². The molecule has 0 amide bonds. The van der Waals surface area contributed by atoms with Crippen molar-refractivity contribution in [2.75, 3.05) is 26.7 Å². The van der Waals surface area contributed by atoms with Crippen molar-refractivity contribution < 1.29 is 0 Å². The van der Waals surface area contributed by atoms with Crippen LogP contribution in [0.15, 0.2) is 28.7 Å². The summed E-state index contributed by atoms with van der Waals surface area (Å²) in [5.74, 6) is 0. The molecule has 0 unspecified atom stereocenters. The highest BCUT2D eigenvalue weighted by Gasteiger charge is 2.27. The first-order valence-electron chi connectivity index (χ1n) is 8.19. The lowest BCUT2D eigenvalue weighted by Gasteiger charge is -2.36. The van der Waals surface area contributed by atoms with E-state index in [0.717, 1.165) is 30.7 Å². The lowest BCUT2D eigenvalue weighted by Crippen LogP contribution is -2.42. The zero-order valence-electron chi connectivity index (χ0n) is 14.1. The Labute approximate surface area is 139 Å². The number of rotatable bonds is 10. The third-order valence-corrected chi connectivity index (χ3v) is 4.93. The molecule has 1 aromatic rings. The highest BCUT2D eigenvalue weighted by Crippen LogP contribution is 2.27. The minimum atomic E-state index is 0.388. The maximum Gasteiger partial charge on any atom is 0.0230 e. The second kappa shape index (κ2) is 9.60. The van der Waals surface area contributed by atoms with E-state index in [0.29, 0.717) is 5.41 Å². The van der Waals surface area contributed by atoms with Gasteiger partial charge in [0, 0.05) is 24.1 Å². The van der Waals surface area contributed by atoms with E-state index >= 15 is 0 Å². The highest BCUT2D eigenvalue weighted by molar-refractivity contribution is 9.10. The third-order valence-electron chi connectivity index (χ3n) is 4.40. The fourth-order valence-electron chi connectivity index (χ4n) is 2.84. The van der Waals surface area contributed by atoms with Crippen LogP contribution in [0.1, 0.15) is 45.6 Å². The van der Waals surface area contributed by atoms with Gasteiger partial charge >= 0.3 is 0 Å². The van der Waals surface area contributed by atoms with Crippen molar-refractivity contribution in [1.82, 2.24) is 10.2 Å². The van der Waals surface area contributed by atoms with Gasteiger partial charge in [-0.05, 0) is 56.0 Å². The molecule has 0 aliphatic carbocycles. The molecule has 0 fully saturated rings. The van der Waals surface area contributed by atoms with Crippen LogP contribution in [0, 0.1) is 5.41 Å². The average molecular weight is 355 g/mol. The van der Waals surface area contributed by atoms with Gasteiger partial charge in [-0.1, -0.05) is 48.8 Å². The van der Waals surface area contributed by atoms with Crippen molar-refractivity contribution >= 4 is 15.9 Å². The molecule has 0 aliphatic heterocycles. The standard InChI is InChI=1S/C18H31BrN2/c1-5-12-20-14-18(6-2,7-3)15-21(4)13-16-8-10-17(19)11-9-16/h8-11,20H,5-7,12-15H2,1-4H3. The number of nitrogens with one attached hydrogen (secondary N) is 1. The normalized spacial score (nSPS) is 12.1. The molecule has 0 atom stereocenters. The van der Waals surface area contributed by atoms with Crippen molar-refractivity contribution in [3.63, 3.8) is 0 Å². The first-order valence-corrected chi connectivity index (χ1v) is 8.98. The highest BCUT2D eigenvalue weighted by atomic mass is 79.9. The van der Waals surface area contributed by atoms with E-state index in [9.17, 15) is 0 Å². The predicted octanol–water partition coefficient (Wildman–Crippen LogP) is 4.69. The smallest absolute Gasteiger partial charge is 0.0230 e. The maximum atomic E-state index is 3.62. The summed E-state index contributed by atoms with van der Waals surface area (Å²) in [4.78, 5) is 2.46. The SMILES string of the molecule is CCCNCC(CC)(CC)CN(C)Cc1ccc(Br)cc1. The van der Waals surface area contributed by atoms with Gasteiger partial charge in [-0.2, -0.15) is 0 Å². The average Bonchev–Trinajstić information content (AvgIpc) is 2.49. The van der Waals surface area contributed by atoms with E-state index in [1.54, 1.807) is 0 Å². The first kappa shape index (κ1) is 18.7. The van der Waals surface area contributed by atoms with Crippen molar-refractivity contribution in [2.24, 2.45) is 5.41 Å². The molecule has 3 heteroatoms. The predicted molar refractivity (Wildman–Crippen MR) is 96.7 cm³/mol. The molecule has 0 bridgehead atoms. The summed E-state index contributed by atoms with van der Waals surface area (Å²) in [5, 5.41) is 3.62. The monoisotopic (exact) mass is 354 g/mol. The van der Waals surface area contributed by atoms with Gasteiger partial charge in [0.15, 0.2) is 0 Å². The Morgan fingerprint density at radius 2 is 1.71 bits per heavy atom. The van der Waals surface area contributed by atoms with Gasteiger partial charge in [-0.3, -0.25) is 0 Å². The van der Waals surface area contributed by atoms with Crippen molar-refractivity contribution in [2.45, 2.75) is 46.6 Å². The minimum absolute atomic E-state index is 0.388. The Balaban J connectivity index is 2.58. The largest absolute Gasteiger partial charge is 0.316 e. The lowest BCUT2D eigenvalue weighted by atomic mass is 9.81. The van der Waals surface area contributed by atoms with Crippen molar-refractivity contribution in [3.05, 3.63) is 34.3 Å². The van der Waals surface area contributed by atoms with Gasteiger partial charge in [0.2, 0.25) is 0 Å². The number of benzene rings is 1. The van der Waals surface area contributed by atoms with E-state index < -0.39 is 0 Å². The fourth-order valence-corrected chi connectivity index (χ4v) is 3.10. The van der Waals surface area contributed by atoms with Crippen LogP contribution in [0.3, 0.4) is 0 Å². The van der Waals surface area contributed by atoms with E-state index in [1.165, 1.54) is 24.8 Å². The summed E-state index contributed by atoms with van der Waals surface area (Å²) in [6.45, 7) is 11.3. The Hall–Kier alpha value is -0.380. The van der Waals surface area contributed by atoms with Crippen LogP contribution in [0.5, 0.6) is 0 Å². The lowest BCUT2D eigenvalue weighted by molar-refractivity contribution is 0.151. The van der Waals surface area contributed by atoms with Gasteiger partial charge in [-0.25, -0.2) is 0 Å². The summed E-state index contributed by atoms with van der Waals surface area (Å²) < 4.78 is 1.15. The zero-order chi connectivity index (χ0) is 15.7. The van der Waals surface area contributed by atoms with E-state index in [1.807, 2.05) is 0 Å². The van der Waals surface area contributed by atoms with Gasteiger partial charge in [0.1, 0.15) is 0 Å². The molecule has 0 radical (unpaired) electrons. The van der Waals surface area contributed by atoms with Gasteiger partial charge in [0.05, 0.1) is 0 Å². The maximum absolute atomic E-state index is 3.62. The molecule has 1 aromatic carbocycles. The number of hydrogen-bond acceptors (Lipinski definition) is 2. The van der Waals surface area contributed by atoms with Crippen LogP contribution >= 0.6 is 15.9 Å². The Morgan fingerprint density at radius 3 is 2.24 bits per heavy atom. The minimum Gasteiger partial charge on any atom is -0.316 e. The van der Waals surface area contributed by atoms with Gasteiger partial charge in [0.25, 0.3) is 0 Å². The van der Waals surface area contributed by atoms with Crippen molar-refractivity contribution in [1.29, 1.82) is 0 Å². The van der Waals surface area contributed by atoms with E-state index in [2.05, 4.69) is 78.2 Å². The Morgan fingerprint density at radius 1 is 1.10 bits per heavy atom. The van der Waals surface area contributed by atoms with Crippen LogP contribution in [0.2, 0.25) is 0 Å². The Kier molecular flexibility index (Phi) is 8.53. The summed E-state index contributed by atoms with van der Waals surface area (Å²) in [7, 11) is 2.24. The fraction of sp³-hybridized carbons (Fsp3) is 0.667. The van der Waals surface area contributed by atoms with E-state index in [4.69, 9.17) is 0 Å². The molecule has 2 nitrogen and oxygen atoms in total. The summed E-state index contributed by atoms with van der Waals surface area (Å²) in [6, 6.07) is 8.66. The second-order valence-corrected chi connectivity index (χ2v) is 7.10. The molecule has 0 heterocycles. The first-order chi connectivity index (χ1) is 10.0. The summed E-state index contributed by atoms with van der Waals surface area (Å²) in [5.41, 5.74) is 1.77. The molecule has 0 saturated carbocycles.